The average molecular weight is 377 g/mol. The average Bonchev–Trinajstić information content (AvgIpc) is 2.61. The van der Waals surface area contributed by atoms with Crippen LogP contribution in [0.25, 0.3) is 0 Å². The molecule has 5 heteroatoms. The summed E-state index contributed by atoms with van der Waals surface area (Å²) in [4.78, 5) is 0. The van der Waals surface area contributed by atoms with Gasteiger partial charge in [-0.05, 0) is 12.2 Å². The third kappa shape index (κ3) is 10.8. The highest BCUT2D eigenvalue weighted by Crippen LogP contribution is 2.25. The van der Waals surface area contributed by atoms with Crippen LogP contribution in [0.5, 0.6) is 0 Å². The predicted octanol–water partition coefficient (Wildman–Crippen LogP) is 4.25. The number of aliphatic hydroxyl groups excluding tert-OH is 3. The van der Waals surface area contributed by atoms with Gasteiger partial charge in [0.1, 0.15) is 23.7 Å². The van der Waals surface area contributed by atoms with Gasteiger partial charge in [-0.3, -0.25) is 0 Å². The lowest BCUT2D eigenvalue weighted by atomic mass is 10.1. The van der Waals surface area contributed by atoms with Crippen molar-refractivity contribution < 1.29 is 20.1 Å². The minimum Gasteiger partial charge on any atom is -0.388 e. The van der Waals surface area contributed by atoms with Gasteiger partial charge in [-0.15, -0.1) is 11.8 Å². The van der Waals surface area contributed by atoms with Crippen LogP contribution in [0.1, 0.15) is 90.4 Å². The normalized spacial score (nSPS) is 26.9. The van der Waals surface area contributed by atoms with Gasteiger partial charge >= 0.3 is 0 Å². The highest BCUT2D eigenvalue weighted by Gasteiger charge is 2.37. The fourth-order valence-electron chi connectivity index (χ4n) is 3.25. The Morgan fingerprint density at radius 3 is 1.72 bits per heavy atom. The molecule has 1 rings (SSSR count). The fourth-order valence-corrected chi connectivity index (χ4v) is 4.38. The van der Waals surface area contributed by atoms with Crippen LogP contribution in [0, 0.1) is 0 Å². The second-order valence-electron chi connectivity index (χ2n) is 7.36. The number of rotatable bonds is 15. The lowest BCUT2D eigenvalue weighted by Gasteiger charge is -2.34. The van der Waals surface area contributed by atoms with Crippen LogP contribution < -0.4 is 0 Å². The van der Waals surface area contributed by atoms with Crippen molar-refractivity contribution in [1.29, 1.82) is 0 Å². The first-order valence-electron chi connectivity index (χ1n) is 10.4. The lowest BCUT2D eigenvalue weighted by Crippen LogP contribution is -2.51. The molecule has 0 bridgehead atoms. The molecule has 0 aromatic rings. The number of unbranched alkanes of at least 4 members (excludes halogenated alkanes) is 12. The minimum absolute atomic E-state index is 0.106. The van der Waals surface area contributed by atoms with Crippen molar-refractivity contribution in [2.24, 2.45) is 0 Å². The summed E-state index contributed by atoms with van der Waals surface area (Å²) in [5.74, 6) is 0.933. The van der Waals surface area contributed by atoms with Crippen molar-refractivity contribution in [1.82, 2.24) is 0 Å². The molecule has 1 heterocycles. The smallest absolute Gasteiger partial charge is 0.131 e. The van der Waals surface area contributed by atoms with Crippen molar-refractivity contribution in [3.05, 3.63) is 0 Å². The molecular formula is C20H40O4S. The van der Waals surface area contributed by atoms with E-state index in [1.807, 2.05) is 0 Å². The second kappa shape index (κ2) is 15.3. The molecule has 0 spiro atoms. The van der Waals surface area contributed by atoms with Gasteiger partial charge in [0.15, 0.2) is 0 Å². The van der Waals surface area contributed by atoms with Gasteiger partial charge in [-0.25, -0.2) is 0 Å². The molecule has 150 valence electrons. The first kappa shape index (κ1) is 23.2. The lowest BCUT2D eigenvalue weighted by molar-refractivity contribution is -0.161. The minimum atomic E-state index is -1.09. The van der Waals surface area contributed by atoms with Gasteiger partial charge in [0.05, 0.1) is 6.61 Å². The Kier molecular flexibility index (Phi) is 14.2. The van der Waals surface area contributed by atoms with Gasteiger partial charge in [0.2, 0.25) is 0 Å². The van der Waals surface area contributed by atoms with Crippen molar-refractivity contribution in [3.8, 4) is 0 Å². The third-order valence-electron chi connectivity index (χ3n) is 4.98. The van der Waals surface area contributed by atoms with Crippen LogP contribution in [-0.4, -0.2) is 51.4 Å². The second-order valence-corrected chi connectivity index (χ2v) is 8.57. The molecule has 4 atom stereocenters. The molecule has 1 fully saturated rings. The molecule has 1 aliphatic rings. The fraction of sp³-hybridized carbons (Fsp3) is 1.00. The first-order valence-corrected chi connectivity index (χ1v) is 11.5. The van der Waals surface area contributed by atoms with Gasteiger partial charge in [0.25, 0.3) is 0 Å². The van der Waals surface area contributed by atoms with E-state index in [1.165, 1.54) is 77.0 Å². The Hall–Kier alpha value is 0.190. The van der Waals surface area contributed by atoms with E-state index in [2.05, 4.69) is 6.92 Å². The summed E-state index contributed by atoms with van der Waals surface area (Å²) in [5, 5.41) is 28.9. The zero-order valence-electron chi connectivity index (χ0n) is 16.1. The Labute approximate surface area is 158 Å². The summed E-state index contributed by atoms with van der Waals surface area (Å²) in [5.41, 5.74) is -0.407. The van der Waals surface area contributed by atoms with E-state index in [-0.39, 0.29) is 6.61 Å². The topological polar surface area (TPSA) is 69.9 Å². The van der Waals surface area contributed by atoms with Crippen molar-refractivity contribution in [2.75, 3.05) is 12.4 Å². The Balaban J connectivity index is 1.82. The van der Waals surface area contributed by atoms with E-state index < -0.39 is 23.7 Å². The number of aliphatic hydroxyl groups is 3. The quantitative estimate of drug-likeness (QED) is 0.373. The van der Waals surface area contributed by atoms with Gasteiger partial charge < -0.3 is 20.1 Å². The maximum atomic E-state index is 9.86. The number of ether oxygens (including phenoxy) is 1. The molecule has 0 aromatic carbocycles. The molecule has 0 unspecified atom stereocenters. The summed E-state index contributed by atoms with van der Waals surface area (Å²) in [6.07, 6.45) is 14.4. The number of hydrogen-bond donors (Lipinski definition) is 3. The van der Waals surface area contributed by atoms with Gasteiger partial charge in [-0.2, -0.15) is 0 Å². The Bertz CT molecular complexity index is 303. The van der Waals surface area contributed by atoms with E-state index in [0.717, 1.165) is 12.2 Å². The number of thioether (sulfide) groups is 1. The summed E-state index contributed by atoms with van der Waals surface area (Å²) in [7, 11) is 0. The first-order chi connectivity index (χ1) is 12.2. The van der Waals surface area contributed by atoms with Crippen molar-refractivity contribution in [2.45, 2.75) is 114 Å². The largest absolute Gasteiger partial charge is 0.388 e. The van der Waals surface area contributed by atoms with E-state index >= 15 is 0 Å². The highest BCUT2D eigenvalue weighted by atomic mass is 32.2. The SMILES string of the molecule is CCCCCCCCCCCCCCCS[C@@H]1OC[C@@H](O)[C@H](O)[C@H]1O. The monoisotopic (exact) mass is 376 g/mol. The Morgan fingerprint density at radius 1 is 0.720 bits per heavy atom. The molecule has 1 aliphatic heterocycles. The molecule has 3 N–H and O–H groups in total. The van der Waals surface area contributed by atoms with Crippen molar-refractivity contribution in [3.63, 3.8) is 0 Å². The molecule has 1 saturated heterocycles. The van der Waals surface area contributed by atoms with E-state index in [9.17, 15) is 15.3 Å². The van der Waals surface area contributed by atoms with Crippen LogP contribution in [-0.2, 0) is 4.74 Å². The third-order valence-corrected chi connectivity index (χ3v) is 6.25. The highest BCUT2D eigenvalue weighted by molar-refractivity contribution is 7.99. The number of hydrogen-bond acceptors (Lipinski definition) is 5. The maximum Gasteiger partial charge on any atom is 0.131 e. The molecule has 4 nitrogen and oxygen atoms in total. The maximum absolute atomic E-state index is 9.86. The van der Waals surface area contributed by atoms with E-state index in [4.69, 9.17) is 4.74 Å². The summed E-state index contributed by atoms with van der Waals surface area (Å²) in [6, 6.07) is 0. The van der Waals surface area contributed by atoms with Crippen LogP contribution in [0.4, 0.5) is 0 Å². The molecule has 0 amide bonds. The summed E-state index contributed by atoms with van der Waals surface area (Å²) >= 11 is 1.55. The van der Waals surface area contributed by atoms with Crippen LogP contribution >= 0.6 is 11.8 Å². The summed E-state index contributed by atoms with van der Waals surface area (Å²) < 4.78 is 5.39. The molecule has 0 aromatic heterocycles. The molecule has 0 radical (unpaired) electrons. The van der Waals surface area contributed by atoms with E-state index in [0.29, 0.717) is 0 Å². The van der Waals surface area contributed by atoms with Gasteiger partial charge in [0, 0.05) is 0 Å². The van der Waals surface area contributed by atoms with Gasteiger partial charge in [-0.1, -0.05) is 84.0 Å². The summed E-state index contributed by atoms with van der Waals surface area (Å²) in [6.45, 7) is 2.37. The zero-order chi connectivity index (χ0) is 18.3. The molecule has 0 saturated carbocycles. The standard InChI is InChI=1S/C20H40O4S/c1-2-3-4-5-6-7-8-9-10-11-12-13-14-15-25-20-19(23)18(22)17(21)16-24-20/h17-23H,2-16H2,1H3/t17-,18+,19-,20+/m1/s1. The van der Waals surface area contributed by atoms with Crippen LogP contribution in [0.15, 0.2) is 0 Å². The molecule has 25 heavy (non-hydrogen) atoms. The van der Waals surface area contributed by atoms with Crippen molar-refractivity contribution >= 4 is 11.8 Å². The van der Waals surface area contributed by atoms with E-state index in [1.54, 1.807) is 11.8 Å². The van der Waals surface area contributed by atoms with Crippen LogP contribution in [0.2, 0.25) is 0 Å². The predicted molar refractivity (Wildman–Crippen MR) is 106 cm³/mol. The molecule has 0 aliphatic carbocycles. The van der Waals surface area contributed by atoms with Crippen LogP contribution in [0.3, 0.4) is 0 Å². The Morgan fingerprint density at radius 2 is 1.20 bits per heavy atom. The zero-order valence-corrected chi connectivity index (χ0v) is 16.9. The molecular weight excluding hydrogens is 336 g/mol.